The Bertz CT molecular complexity index is 1040. The molecule has 4 aromatic heterocycles. The van der Waals surface area contributed by atoms with E-state index >= 15 is 0 Å². The van der Waals surface area contributed by atoms with Gasteiger partial charge in [-0.3, -0.25) is 19.9 Å². The molecule has 0 aliphatic rings. The van der Waals surface area contributed by atoms with Gasteiger partial charge in [-0.2, -0.15) is 0 Å². The Labute approximate surface area is 241 Å². The summed E-state index contributed by atoms with van der Waals surface area (Å²) in [5.41, 5.74) is 2.31. The third kappa shape index (κ3) is 8.04. The normalized spacial score (nSPS) is 11.1. The summed E-state index contributed by atoms with van der Waals surface area (Å²) in [5, 5.41) is 2.60. The van der Waals surface area contributed by atoms with Crippen molar-refractivity contribution in [3.63, 3.8) is 0 Å². The molecule has 4 rings (SSSR count). The predicted molar refractivity (Wildman–Crippen MR) is 146 cm³/mol. The van der Waals surface area contributed by atoms with Crippen molar-refractivity contribution in [3.05, 3.63) is 109 Å². The molecule has 4 heterocycles. The molecule has 0 aromatic carbocycles. The van der Waals surface area contributed by atoms with E-state index in [9.17, 15) is 0 Å². The van der Waals surface area contributed by atoms with Gasteiger partial charge in [0.15, 0.2) is 0 Å². The molecule has 4 aromatic rings. The minimum Gasteiger partial charge on any atom is -0.266 e. The van der Waals surface area contributed by atoms with E-state index in [-0.39, 0.29) is 44.2 Å². The van der Waals surface area contributed by atoms with Crippen LogP contribution in [0.1, 0.15) is 39.1 Å². The molecular weight excluding hydrogens is 576 g/mol. The van der Waals surface area contributed by atoms with E-state index in [0.29, 0.717) is 0 Å². The number of rotatable bonds is 6. The van der Waals surface area contributed by atoms with Crippen LogP contribution in [0.5, 0.6) is 0 Å². The van der Waals surface area contributed by atoms with Gasteiger partial charge in [-0.1, -0.05) is 65.1 Å². The first-order valence-corrected chi connectivity index (χ1v) is 15.6. The summed E-state index contributed by atoms with van der Waals surface area (Å²) < 4.78 is 0. The van der Waals surface area contributed by atoms with Gasteiger partial charge in [-0.15, -0.1) is 0 Å². The van der Waals surface area contributed by atoms with E-state index in [1.54, 1.807) is 0 Å². The maximum Gasteiger partial charge on any atom is 0.120 e. The van der Waals surface area contributed by atoms with Crippen LogP contribution in [0, 0.1) is 0 Å². The molecule has 0 aliphatic heterocycles. The molecule has 4 radical (unpaired) electrons. The molecule has 0 N–H and O–H groups in total. The molecular formula is C28H34Cu2N4Si2. The summed E-state index contributed by atoms with van der Waals surface area (Å²) in [6.07, 6.45) is 7.48. The van der Waals surface area contributed by atoms with Gasteiger partial charge in [0.05, 0.1) is 0 Å². The first-order chi connectivity index (χ1) is 16.2. The van der Waals surface area contributed by atoms with Crippen molar-refractivity contribution in [2.24, 2.45) is 0 Å². The molecule has 0 saturated heterocycles. The standard InChI is InChI=1S/2C14H17N2Si.2Cu/c2*1-14(2,12-8-4-6-10-15-12)17(3)13-9-5-7-11-16-13;;/h2*4-11H,1-3H3;;. The van der Waals surface area contributed by atoms with Crippen LogP contribution in [0.2, 0.25) is 13.1 Å². The average Bonchev–Trinajstić information content (AvgIpc) is 2.90. The van der Waals surface area contributed by atoms with E-state index in [4.69, 9.17) is 0 Å². The van der Waals surface area contributed by atoms with Crippen molar-refractivity contribution in [1.82, 2.24) is 19.9 Å². The van der Waals surface area contributed by atoms with Crippen LogP contribution in [0.15, 0.2) is 97.6 Å². The second-order valence-electron chi connectivity index (χ2n) is 9.36. The molecule has 0 bridgehead atoms. The van der Waals surface area contributed by atoms with Gasteiger partial charge in [0.25, 0.3) is 0 Å². The topological polar surface area (TPSA) is 51.6 Å². The predicted octanol–water partition coefficient (Wildman–Crippen LogP) is 4.65. The van der Waals surface area contributed by atoms with Gasteiger partial charge in [0.1, 0.15) is 17.6 Å². The van der Waals surface area contributed by atoms with Crippen LogP contribution in [0.4, 0.5) is 0 Å². The SMILES string of the molecule is C[Si](c1ccccn1)C(C)(C)c1ccccn1.C[Si](c1ccccn1)C(C)(C)c1ccccn1.[Cu].[Cu]. The largest absolute Gasteiger partial charge is 0.266 e. The monoisotopic (exact) mass is 608 g/mol. The molecule has 0 atom stereocenters. The Morgan fingerprint density at radius 3 is 1.03 bits per heavy atom. The quantitative estimate of drug-likeness (QED) is 0.299. The molecule has 0 saturated carbocycles. The Morgan fingerprint density at radius 2 is 0.778 bits per heavy atom. The first-order valence-electron chi connectivity index (χ1n) is 11.6. The molecule has 0 spiro atoms. The Morgan fingerprint density at radius 1 is 0.472 bits per heavy atom. The van der Waals surface area contributed by atoms with Gasteiger partial charge >= 0.3 is 0 Å². The molecule has 0 aliphatic carbocycles. The van der Waals surface area contributed by atoms with Crippen molar-refractivity contribution >= 4 is 28.2 Å². The third-order valence-corrected chi connectivity index (χ3v) is 13.0. The second kappa shape index (κ2) is 14.7. The zero-order chi connectivity index (χ0) is 24.6. The fraction of sp³-hybridized carbons (Fsp3) is 0.286. The van der Waals surface area contributed by atoms with Gasteiger partial charge in [-0.25, -0.2) is 0 Å². The zero-order valence-electron chi connectivity index (χ0n) is 21.6. The van der Waals surface area contributed by atoms with Crippen LogP contribution in [0.3, 0.4) is 0 Å². The molecule has 0 fully saturated rings. The molecule has 0 unspecified atom stereocenters. The van der Waals surface area contributed by atoms with Crippen LogP contribution in [-0.4, -0.2) is 37.5 Å². The van der Waals surface area contributed by atoms with Crippen LogP contribution < -0.4 is 10.6 Å². The number of pyridine rings is 4. The molecule has 8 heteroatoms. The van der Waals surface area contributed by atoms with Crippen LogP contribution in [0.25, 0.3) is 0 Å². The fourth-order valence-corrected chi connectivity index (χ4v) is 7.23. The van der Waals surface area contributed by atoms with Gasteiger partial charge < -0.3 is 0 Å². The van der Waals surface area contributed by atoms with Crippen molar-refractivity contribution in [2.45, 2.75) is 50.9 Å². The Kier molecular flexibility index (Phi) is 13.1. The molecule has 0 amide bonds. The number of aromatic nitrogens is 4. The maximum atomic E-state index is 4.49. The summed E-state index contributed by atoms with van der Waals surface area (Å²) in [4.78, 5) is 18.0. The Hall–Kier alpha value is -1.93. The van der Waals surface area contributed by atoms with Gasteiger partial charge in [0.2, 0.25) is 0 Å². The summed E-state index contributed by atoms with van der Waals surface area (Å²) in [7, 11) is -1.54. The van der Waals surface area contributed by atoms with Crippen LogP contribution in [-0.2, 0) is 44.2 Å². The fourth-order valence-electron chi connectivity index (χ4n) is 3.66. The molecule has 196 valence electrons. The van der Waals surface area contributed by atoms with Gasteiger partial charge in [-0.05, 0) is 48.5 Å². The van der Waals surface area contributed by atoms with Gasteiger partial charge in [0, 0.05) is 91.0 Å². The zero-order valence-corrected chi connectivity index (χ0v) is 25.5. The van der Waals surface area contributed by atoms with E-state index in [2.05, 4.69) is 109 Å². The van der Waals surface area contributed by atoms with E-state index < -0.39 is 17.6 Å². The second-order valence-corrected chi connectivity index (χ2v) is 15.4. The first kappa shape index (κ1) is 32.1. The van der Waals surface area contributed by atoms with Crippen molar-refractivity contribution in [2.75, 3.05) is 0 Å². The molecule has 4 nitrogen and oxygen atoms in total. The summed E-state index contributed by atoms with van der Waals surface area (Å²) >= 11 is 0. The van der Waals surface area contributed by atoms with Crippen molar-refractivity contribution < 1.29 is 34.1 Å². The van der Waals surface area contributed by atoms with E-state index in [1.165, 1.54) is 10.6 Å². The smallest absolute Gasteiger partial charge is 0.120 e. The summed E-state index contributed by atoms with van der Waals surface area (Å²) in [6, 6.07) is 24.5. The third-order valence-electron chi connectivity index (χ3n) is 6.58. The number of hydrogen-bond donors (Lipinski definition) is 0. The number of hydrogen-bond acceptors (Lipinski definition) is 4. The van der Waals surface area contributed by atoms with Crippen LogP contribution >= 0.6 is 0 Å². The number of nitrogens with zero attached hydrogens (tertiary/aromatic N) is 4. The van der Waals surface area contributed by atoms with E-state index in [1.807, 2.05) is 49.1 Å². The summed E-state index contributed by atoms with van der Waals surface area (Å²) in [6.45, 7) is 13.7. The van der Waals surface area contributed by atoms with Crippen molar-refractivity contribution in [1.29, 1.82) is 0 Å². The minimum atomic E-state index is -0.769. The average molecular weight is 610 g/mol. The maximum absolute atomic E-state index is 4.49. The van der Waals surface area contributed by atoms with E-state index in [0.717, 1.165) is 11.4 Å². The Balaban J connectivity index is 0.000000341. The summed E-state index contributed by atoms with van der Waals surface area (Å²) in [5.74, 6) is 0. The van der Waals surface area contributed by atoms with Crippen molar-refractivity contribution in [3.8, 4) is 0 Å². The minimum absolute atomic E-state index is 0. The molecule has 36 heavy (non-hydrogen) atoms.